The molecule has 0 atom stereocenters. The number of halogens is 4. The van der Waals surface area contributed by atoms with Crippen LogP contribution >= 0.6 is 31.9 Å². The Kier molecular flexibility index (Phi) is 4.35. The molecule has 0 aliphatic rings. The van der Waals surface area contributed by atoms with Crippen molar-refractivity contribution in [3.05, 3.63) is 62.5 Å². The summed E-state index contributed by atoms with van der Waals surface area (Å²) in [5, 5.41) is 2.98. The fourth-order valence-electron chi connectivity index (χ4n) is 1.52. The average Bonchev–Trinajstić information content (AvgIpc) is 2.34. The molecule has 0 spiro atoms. The number of nitrogens with one attached hydrogen (secondary N) is 1. The molecule has 0 saturated heterocycles. The first-order valence-electron chi connectivity index (χ1n) is 5.20. The molecule has 94 valence electrons. The third-order valence-corrected chi connectivity index (χ3v) is 3.54. The van der Waals surface area contributed by atoms with Crippen LogP contribution in [0.15, 0.2) is 45.3 Å². The van der Waals surface area contributed by atoms with E-state index in [4.69, 9.17) is 0 Å². The van der Waals surface area contributed by atoms with Crippen LogP contribution in [0.4, 0.5) is 14.5 Å². The number of hydrogen-bond acceptors (Lipinski definition) is 1. The molecule has 0 aliphatic heterocycles. The Morgan fingerprint density at radius 3 is 2.56 bits per heavy atom. The highest BCUT2D eigenvalue weighted by molar-refractivity contribution is 9.10. The van der Waals surface area contributed by atoms with Gasteiger partial charge in [-0.3, -0.25) is 0 Å². The Bertz CT molecular complexity index is 573. The van der Waals surface area contributed by atoms with Crippen LogP contribution in [0.1, 0.15) is 5.56 Å². The minimum absolute atomic E-state index is 0.0179. The van der Waals surface area contributed by atoms with Crippen LogP contribution in [-0.4, -0.2) is 0 Å². The fourth-order valence-corrected chi connectivity index (χ4v) is 2.29. The molecule has 0 amide bonds. The van der Waals surface area contributed by atoms with Gasteiger partial charge in [-0.15, -0.1) is 0 Å². The standard InChI is InChI=1S/C13H9Br2F2N/c14-8-2-1-3-9(6-8)18-7-10-12(16)5-4-11(15)13(10)17/h1-6,18H,7H2. The Labute approximate surface area is 120 Å². The Morgan fingerprint density at radius 1 is 1.06 bits per heavy atom. The molecule has 2 aromatic rings. The van der Waals surface area contributed by atoms with Gasteiger partial charge in [-0.25, -0.2) is 8.78 Å². The second-order valence-corrected chi connectivity index (χ2v) is 5.46. The van der Waals surface area contributed by atoms with Crippen LogP contribution in [0.2, 0.25) is 0 Å². The van der Waals surface area contributed by atoms with Crippen LogP contribution in [-0.2, 0) is 6.54 Å². The summed E-state index contributed by atoms with van der Waals surface area (Å²) < 4.78 is 28.4. The first-order valence-corrected chi connectivity index (χ1v) is 6.78. The van der Waals surface area contributed by atoms with Gasteiger partial charge in [-0.05, 0) is 46.3 Å². The number of anilines is 1. The summed E-state index contributed by atoms with van der Waals surface area (Å²) in [5.74, 6) is -1.13. The monoisotopic (exact) mass is 375 g/mol. The van der Waals surface area contributed by atoms with Gasteiger partial charge >= 0.3 is 0 Å². The van der Waals surface area contributed by atoms with Crippen molar-refractivity contribution in [3.63, 3.8) is 0 Å². The predicted octanol–water partition coefficient (Wildman–Crippen LogP) is 5.10. The largest absolute Gasteiger partial charge is 0.381 e. The van der Waals surface area contributed by atoms with E-state index in [0.717, 1.165) is 10.2 Å². The maximum absolute atomic E-state index is 13.7. The van der Waals surface area contributed by atoms with Gasteiger partial charge in [-0.2, -0.15) is 0 Å². The molecule has 5 heteroatoms. The smallest absolute Gasteiger partial charge is 0.145 e. The topological polar surface area (TPSA) is 12.0 Å². The second-order valence-electron chi connectivity index (χ2n) is 3.69. The van der Waals surface area contributed by atoms with Gasteiger partial charge in [0.2, 0.25) is 0 Å². The zero-order chi connectivity index (χ0) is 13.1. The number of rotatable bonds is 3. The van der Waals surface area contributed by atoms with E-state index in [1.807, 2.05) is 24.3 Å². The summed E-state index contributed by atoms with van der Waals surface area (Å²) in [4.78, 5) is 0. The lowest BCUT2D eigenvalue weighted by atomic mass is 10.2. The molecule has 0 saturated carbocycles. The van der Waals surface area contributed by atoms with Crippen molar-refractivity contribution in [2.24, 2.45) is 0 Å². The van der Waals surface area contributed by atoms with Gasteiger partial charge in [0.1, 0.15) is 11.6 Å². The molecule has 0 aromatic heterocycles. The van der Waals surface area contributed by atoms with Crippen molar-refractivity contribution in [1.82, 2.24) is 0 Å². The van der Waals surface area contributed by atoms with E-state index in [-0.39, 0.29) is 16.6 Å². The first kappa shape index (κ1) is 13.5. The quantitative estimate of drug-likeness (QED) is 0.734. The maximum atomic E-state index is 13.7. The van der Waals surface area contributed by atoms with E-state index in [1.165, 1.54) is 12.1 Å². The van der Waals surface area contributed by atoms with Crippen LogP contribution < -0.4 is 5.32 Å². The molecule has 2 rings (SSSR count). The zero-order valence-corrected chi connectivity index (χ0v) is 12.4. The van der Waals surface area contributed by atoms with Crippen LogP contribution in [0, 0.1) is 11.6 Å². The molecule has 0 aliphatic carbocycles. The molecule has 1 N–H and O–H groups in total. The second kappa shape index (κ2) is 5.80. The van der Waals surface area contributed by atoms with E-state index < -0.39 is 11.6 Å². The molecule has 0 unspecified atom stereocenters. The van der Waals surface area contributed by atoms with Gasteiger partial charge in [0, 0.05) is 22.3 Å². The Hall–Kier alpha value is -0.940. The molecule has 18 heavy (non-hydrogen) atoms. The molecule has 0 radical (unpaired) electrons. The molecule has 2 aromatic carbocycles. The lowest BCUT2D eigenvalue weighted by Crippen LogP contribution is -2.05. The average molecular weight is 377 g/mol. The van der Waals surface area contributed by atoms with Crippen molar-refractivity contribution in [2.45, 2.75) is 6.54 Å². The maximum Gasteiger partial charge on any atom is 0.145 e. The normalized spacial score (nSPS) is 10.4. The van der Waals surface area contributed by atoms with E-state index in [1.54, 1.807) is 0 Å². The minimum atomic E-state index is -0.572. The lowest BCUT2D eigenvalue weighted by Gasteiger charge is -2.09. The molecular formula is C13H9Br2F2N. The van der Waals surface area contributed by atoms with E-state index in [2.05, 4.69) is 37.2 Å². The van der Waals surface area contributed by atoms with Crippen molar-refractivity contribution >= 4 is 37.5 Å². The summed E-state index contributed by atoms with van der Waals surface area (Å²) in [5.41, 5.74) is 0.813. The van der Waals surface area contributed by atoms with Gasteiger partial charge < -0.3 is 5.32 Å². The number of benzene rings is 2. The zero-order valence-electron chi connectivity index (χ0n) is 9.18. The van der Waals surface area contributed by atoms with Gasteiger partial charge in [0.05, 0.1) is 4.47 Å². The van der Waals surface area contributed by atoms with Crippen molar-refractivity contribution < 1.29 is 8.78 Å². The van der Waals surface area contributed by atoms with Crippen molar-refractivity contribution in [2.75, 3.05) is 5.32 Å². The highest BCUT2D eigenvalue weighted by atomic mass is 79.9. The van der Waals surface area contributed by atoms with Gasteiger partial charge in [-0.1, -0.05) is 22.0 Å². The highest BCUT2D eigenvalue weighted by Gasteiger charge is 2.11. The van der Waals surface area contributed by atoms with Gasteiger partial charge in [0.25, 0.3) is 0 Å². The summed E-state index contributed by atoms with van der Waals surface area (Å²) in [6, 6.07) is 10.00. The first-order chi connectivity index (χ1) is 8.58. The molecule has 0 heterocycles. The molecule has 0 bridgehead atoms. The molecular weight excluding hydrogens is 368 g/mol. The lowest BCUT2D eigenvalue weighted by molar-refractivity contribution is 0.555. The SMILES string of the molecule is Fc1ccc(Br)c(F)c1CNc1cccc(Br)c1. The summed E-state index contributed by atoms with van der Waals surface area (Å²) in [6.07, 6.45) is 0. The van der Waals surface area contributed by atoms with Crippen molar-refractivity contribution in [3.8, 4) is 0 Å². The van der Waals surface area contributed by atoms with E-state index >= 15 is 0 Å². The highest BCUT2D eigenvalue weighted by Crippen LogP contribution is 2.23. The predicted molar refractivity (Wildman–Crippen MR) is 75.5 cm³/mol. The third kappa shape index (κ3) is 3.09. The Morgan fingerprint density at radius 2 is 1.83 bits per heavy atom. The summed E-state index contributed by atoms with van der Waals surface area (Å²) >= 11 is 6.37. The molecule has 0 fully saturated rings. The minimum Gasteiger partial charge on any atom is -0.381 e. The number of hydrogen-bond donors (Lipinski definition) is 1. The third-order valence-electron chi connectivity index (χ3n) is 2.43. The van der Waals surface area contributed by atoms with E-state index in [9.17, 15) is 8.78 Å². The Balaban J connectivity index is 2.18. The summed E-state index contributed by atoms with van der Waals surface area (Å²) in [6.45, 7) is 0.0908. The van der Waals surface area contributed by atoms with E-state index in [0.29, 0.717) is 0 Å². The van der Waals surface area contributed by atoms with Crippen LogP contribution in [0.5, 0.6) is 0 Å². The summed E-state index contributed by atoms with van der Waals surface area (Å²) in [7, 11) is 0. The van der Waals surface area contributed by atoms with Crippen LogP contribution in [0.3, 0.4) is 0 Å². The molecule has 1 nitrogen and oxygen atoms in total. The fraction of sp³-hybridized carbons (Fsp3) is 0.0769. The van der Waals surface area contributed by atoms with Crippen molar-refractivity contribution in [1.29, 1.82) is 0 Å². The van der Waals surface area contributed by atoms with Crippen LogP contribution in [0.25, 0.3) is 0 Å². The van der Waals surface area contributed by atoms with Gasteiger partial charge in [0.15, 0.2) is 0 Å².